The molecule has 0 spiro atoms. The van der Waals surface area contributed by atoms with Crippen molar-refractivity contribution in [2.75, 3.05) is 7.11 Å². The van der Waals surface area contributed by atoms with Crippen LogP contribution in [0.2, 0.25) is 5.02 Å². The number of quaternary nitrogens is 1. The second-order valence-corrected chi connectivity index (χ2v) is 3.98. The van der Waals surface area contributed by atoms with Gasteiger partial charge in [0, 0.05) is 6.20 Å². The zero-order valence-corrected chi connectivity index (χ0v) is 10.2. The zero-order valence-electron chi connectivity index (χ0n) is 9.42. The summed E-state index contributed by atoms with van der Waals surface area (Å²) in [5, 5.41) is -0.151. The van der Waals surface area contributed by atoms with Crippen LogP contribution in [-0.2, 0) is 22.1 Å². The minimum absolute atomic E-state index is 0.0175. The second kappa shape index (κ2) is 5.53. The van der Waals surface area contributed by atoms with Crippen molar-refractivity contribution in [1.82, 2.24) is 4.98 Å². The van der Waals surface area contributed by atoms with E-state index in [0.717, 1.165) is 6.07 Å². The predicted molar refractivity (Wildman–Crippen MR) is 56.6 cm³/mol. The molecule has 0 aliphatic carbocycles. The fourth-order valence-electron chi connectivity index (χ4n) is 1.25. The summed E-state index contributed by atoms with van der Waals surface area (Å²) in [6.45, 7) is 0. The lowest BCUT2D eigenvalue weighted by atomic mass is 10.1. The average molecular weight is 284 g/mol. The number of pyridine rings is 1. The standard InChI is InChI=1S/C10H10ClF3N2O2/c1-18-9(17)7(15)3-8-6(11)2-5(4-16-8)10(12,13)14/h2,4,7H,3,15H2,1H3/p+1/t7-/m1/s1. The Kier molecular flexibility index (Phi) is 4.53. The van der Waals surface area contributed by atoms with Crippen molar-refractivity contribution >= 4 is 17.6 Å². The highest BCUT2D eigenvalue weighted by Crippen LogP contribution is 2.31. The third-order valence-corrected chi connectivity index (χ3v) is 2.55. The Morgan fingerprint density at radius 1 is 1.61 bits per heavy atom. The number of ether oxygens (including phenoxy) is 1. The van der Waals surface area contributed by atoms with Crippen LogP contribution >= 0.6 is 11.6 Å². The normalized spacial score (nSPS) is 13.2. The van der Waals surface area contributed by atoms with Gasteiger partial charge in [-0.1, -0.05) is 11.6 Å². The number of carbonyl (C=O) groups is 1. The second-order valence-electron chi connectivity index (χ2n) is 3.57. The van der Waals surface area contributed by atoms with E-state index in [-0.39, 0.29) is 17.1 Å². The summed E-state index contributed by atoms with van der Waals surface area (Å²) in [6, 6.07) is 0.00480. The van der Waals surface area contributed by atoms with Crippen LogP contribution in [0.3, 0.4) is 0 Å². The molecule has 1 aromatic heterocycles. The van der Waals surface area contributed by atoms with Crippen LogP contribution < -0.4 is 5.73 Å². The third kappa shape index (κ3) is 3.58. The maximum atomic E-state index is 12.4. The molecule has 100 valence electrons. The highest BCUT2D eigenvalue weighted by molar-refractivity contribution is 6.31. The predicted octanol–water partition coefficient (Wildman–Crippen LogP) is 1.08. The fourth-order valence-corrected chi connectivity index (χ4v) is 1.50. The van der Waals surface area contributed by atoms with Crippen LogP contribution in [0.5, 0.6) is 0 Å². The molecule has 1 rings (SSSR count). The minimum atomic E-state index is -4.50. The van der Waals surface area contributed by atoms with E-state index < -0.39 is 23.8 Å². The van der Waals surface area contributed by atoms with Crippen molar-refractivity contribution < 1.29 is 28.4 Å². The van der Waals surface area contributed by atoms with Crippen molar-refractivity contribution in [2.45, 2.75) is 18.6 Å². The Balaban J connectivity index is 2.90. The van der Waals surface area contributed by atoms with Gasteiger partial charge in [0.05, 0.1) is 29.8 Å². The van der Waals surface area contributed by atoms with Gasteiger partial charge in [0.25, 0.3) is 0 Å². The Hall–Kier alpha value is -1.34. The highest BCUT2D eigenvalue weighted by Gasteiger charge is 2.32. The van der Waals surface area contributed by atoms with Gasteiger partial charge in [-0.15, -0.1) is 0 Å². The van der Waals surface area contributed by atoms with Gasteiger partial charge in [0.2, 0.25) is 0 Å². The first-order chi connectivity index (χ1) is 8.25. The molecule has 8 heteroatoms. The Bertz CT molecular complexity index is 451. The summed E-state index contributed by atoms with van der Waals surface area (Å²) in [5.41, 5.74) is 2.76. The number of esters is 1. The molecular formula is C10H11ClF3N2O2+. The van der Waals surface area contributed by atoms with Gasteiger partial charge in [-0.3, -0.25) is 4.98 Å². The first-order valence-electron chi connectivity index (χ1n) is 4.88. The van der Waals surface area contributed by atoms with Crippen molar-refractivity contribution in [3.63, 3.8) is 0 Å². The van der Waals surface area contributed by atoms with Gasteiger partial charge in [-0.2, -0.15) is 13.2 Å². The van der Waals surface area contributed by atoms with Gasteiger partial charge >= 0.3 is 12.1 Å². The van der Waals surface area contributed by atoms with Crippen molar-refractivity contribution in [3.8, 4) is 0 Å². The van der Waals surface area contributed by atoms with Gasteiger partial charge < -0.3 is 10.5 Å². The summed E-state index contributed by atoms with van der Waals surface area (Å²) in [5.74, 6) is -0.576. The molecular weight excluding hydrogens is 273 g/mol. The molecule has 4 nitrogen and oxygen atoms in total. The Morgan fingerprint density at radius 2 is 2.22 bits per heavy atom. The maximum Gasteiger partial charge on any atom is 0.417 e. The molecule has 0 aliphatic heterocycles. The lowest BCUT2D eigenvalue weighted by Crippen LogP contribution is -2.66. The molecule has 1 atom stereocenters. The van der Waals surface area contributed by atoms with Crippen molar-refractivity contribution in [3.05, 3.63) is 28.5 Å². The van der Waals surface area contributed by atoms with E-state index in [1.165, 1.54) is 7.11 Å². The number of halogens is 4. The highest BCUT2D eigenvalue weighted by atomic mass is 35.5. The summed E-state index contributed by atoms with van der Waals surface area (Å²) < 4.78 is 41.5. The van der Waals surface area contributed by atoms with E-state index in [1.807, 2.05) is 0 Å². The first-order valence-corrected chi connectivity index (χ1v) is 5.26. The molecule has 0 saturated heterocycles. The molecule has 1 aromatic rings. The molecule has 0 saturated carbocycles. The van der Waals surface area contributed by atoms with Crippen LogP contribution in [0.25, 0.3) is 0 Å². The number of methoxy groups -OCH3 is 1. The summed E-state index contributed by atoms with van der Waals surface area (Å²) in [4.78, 5) is 14.7. The number of hydrogen-bond acceptors (Lipinski definition) is 3. The van der Waals surface area contributed by atoms with E-state index in [0.29, 0.717) is 6.20 Å². The van der Waals surface area contributed by atoms with E-state index in [1.54, 1.807) is 0 Å². The average Bonchev–Trinajstić information content (AvgIpc) is 2.29. The molecule has 0 amide bonds. The third-order valence-electron chi connectivity index (χ3n) is 2.22. The lowest BCUT2D eigenvalue weighted by molar-refractivity contribution is -0.407. The number of aromatic nitrogens is 1. The molecule has 3 N–H and O–H groups in total. The minimum Gasteiger partial charge on any atom is -0.465 e. The van der Waals surface area contributed by atoms with E-state index >= 15 is 0 Å². The SMILES string of the molecule is COC(=O)[C@H]([NH3+])Cc1ncc(C(F)(F)F)cc1Cl. The van der Waals surface area contributed by atoms with Crippen LogP contribution in [-0.4, -0.2) is 24.1 Å². The molecule has 0 bridgehead atoms. The number of alkyl halides is 3. The molecule has 0 aromatic carbocycles. The lowest BCUT2D eigenvalue weighted by Gasteiger charge is -2.10. The monoisotopic (exact) mass is 283 g/mol. The first kappa shape index (κ1) is 14.7. The van der Waals surface area contributed by atoms with Crippen molar-refractivity contribution in [2.24, 2.45) is 0 Å². The number of carbonyl (C=O) groups excluding carboxylic acids is 1. The molecule has 0 unspecified atom stereocenters. The van der Waals surface area contributed by atoms with E-state index in [4.69, 9.17) is 11.6 Å². The van der Waals surface area contributed by atoms with Crippen LogP contribution in [0.4, 0.5) is 13.2 Å². The molecule has 0 fully saturated rings. The van der Waals surface area contributed by atoms with Crippen molar-refractivity contribution in [1.29, 1.82) is 0 Å². The molecule has 0 radical (unpaired) electrons. The largest absolute Gasteiger partial charge is 0.465 e. The van der Waals surface area contributed by atoms with Crippen LogP contribution in [0.15, 0.2) is 12.3 Å². The smallest absolute Gasteiger partial charge is 0.417 e. The summed E-state index contributed by atoms with van der Waals surface area (Å²) >= 11 is 5.69. The van der Waals surface area contributed by atoms with E-state index in [2.05, 4.69) is 15.5 Å². The summed E-state index contributed by atoms with van der Waals surface area (Å²) in [7, 11) is 1.20. The molecule has 0 aliphatic rings. The van der Waals surface area contributed by atoms with E-state index in [9.17, 15) is 18.0 Å². The van der Waals surface area contributed by atoms with Gasteiger partial charge in [0.15, 0.2) is 6.04 Å². The van der Waals surface area contributed by atoms with Crippen LogP contribution in [0.1, 0.15) is 11.3 Å². The zero-order chi connectivity index (χ0) is 13.9. The molecule has 18 heavy (non-hydrogen) atoms. The quantitative estimate of drug-likeness (QED) is 0.844. The fraction of sp³-hybridized carbons (Fsp3) is 0.400. The van der Waals surface area contributed by atoms with Gasteiger partial charge in [-0.25, -0.2) is 4.79 Å². The number of nitrogens with zero attached hydrogens (tertiary/aromatic N) is 1. The summed E-state index contributed by atoms with van der Waals surface area (Å²) in [6.07, 6.45) is -3.81. The van der Waals surface area contributed by atoms with Crippen LogP contribution in [0, 0.1) is 0 Å². The van der Waals surface area contributed by atoms with Gasteiger partial charge in [-0.05, 0) is 6.07 Å². The van der Waals surface area contributed by atoms with Gasteiger partial charge in [0.1, 0.15) is 0 Å². The number of hydrogen-bond donors (Lipinski definition) is 1. The Morgan fingerprint density at radius 3 is 2.67 bits per heavy atom. The topological polar surface area (TPSA) is 66.8 Å². The number of rotatable bonds is 3. The molecule has 1 heterocycles. The maximum absolute atomic E-state index is 12.4. The Labute approximate surface area is 106 Å².